The summed E-state index contributed by atoms with van der Waals surface area (Å²) >= 11 is 0.959. The van der Waals surface area contributed by atoms with E-state index in [2.05, 4.69) is 0 Å². The Hall–Kier alpha value is -2.59. The molecule has 0 aliphatic carbocycles. The molecule has 1 saturated heterocycles. The predicted octanol–water partition coefficient (Wildman–Crippen LogP) is 4.48. The summed E-state index contributed by atoms with van der Waals surface area (Å²) in [4.78, 5) is 26.0. The first-order chi connectivity index (χ1) is 10.8. The van der Waals surface area contributed by atoms with Crippen LogP contribution in [0.3, 0.4) is 0 Å². The summed E-state index contributed by atoms with van der Waals surface area (Å²) in [7, 11) is 0. The van der Waals surface area contributed by atoms with E-state index < -0.39 is 0 Å². The molecule has 2 amide bonds. The van der Waals surface area contributed by atoms with Gasteiger partial charge in [0.05, 0.1) is 10.6 Å². The first kappa shape index (κ1) is 14.4. The van der Waals surface area contributed by atoms with Gasteiger partial charge in [-0.15, -0.1) is 0 Å². The number of hydrogen-bond donors (Lipinski definition) is 0. The van der Waals surface area contributed by atoms with Crippen molar-refractivity contribution < 1.29 is 9.59 Å². The van der Waals surface area contributed by atoms with Gasteiger partial charge in [0, 0.05) is 0 Å². The SMILES string of the molecule is O=C1S/C(=C/C=C/c2ccccc2)C(=O)N1c1ccccc1. The maximum Gasteiger partial charge on any atom is 0.298 e. The van der Waals surface area contributed by atoms with Crippen molar-refractivity contribution in [1.82, 2.24) is 0 Å². The molecule has 1 aliphatic heterocycles. The van der Waals surface area contributed by atoms with E-state index in [0.717, 1.165) is 17.3 Å². The lowest BCUT2D eigenvalue weighted by atomic mass is 10.2. The highest BCUT2D eigenvalue weighted by Crippen LogP contribution is 2.34. The van der Waals surface area contributed by atoms with E-state index in [0.29, 0.717) is 10.6 Å². The second-order valence-electron chi connectivity index (χ2n) is 4.64. The van der Waals surface area contributed by atoms with Gasteiger partial charge in [-0.2, -0.15) is 0 Å². The number of rotatable bonds is 3. The van der Waals surface area contributed by atoms with Crippen LogP contribution in [0.5, 0.6) is 0 Å². The number of nitrogens with zero attached hydrogens (tertiary/aromatic N) is 1. The predicted molar refractivity (Wildman–Crippen MR) is 90.5 cm³/mol. The maximum atomic E-state index is 12.3. The summed E-state index contributed by atoms with van der Waals surface area (Å²) in [5.74, 6) is -0.279. The molecule has 1 fully saturated rings. The van der Waals surface area contributed by atoms with Crippen molar-refractivity contribution in [3.05, 3.63) is 83.3 Å². The van der Waals surface area contributed by atoms with Crippen LogP contribution in [0.15, 0.2) is 77.7 Å². The lowest BCUT2D eigenvalue weighted by Crippen LogP contribution is -2.27. The van der Waals surface area contributed by atoms with Crippen LogP contribution in [-0.2, 0) is 4.79 Å². The molecule has 3 nitrogen and oxygen atoms in total. The van der Waals surface area contributed by atoms with E-state index in [1.807, 2.05) is 42.5 Å². The zero-order valence-electron chi connectivity index (χ0n) is 11.7. The Morgan fingerprint density at radius 2 is 1.50 bits per heavy atom. The first-order valence-electron chi connectivity index (χ1n) is 6.80. The van der Waals surface area contributed by atoms with Crippen LogP contribution < -0.4 is 4.90 Å². The Balaban J connectivity index is 1.79. The number of para-hydroxylation sites is 1. The second kappa shape index (κ2) is 6.45. The lowest BCUT2D eigenvalue weighted by molar-refractivity contribution is -0.113. The summed E-state index contributed by atoms with van der Waals surface area (Å²) in [6.07, 6.45) is 5.37. The summed E-state index contributed by atoms with van der Waals surface area (Å²) in [5, 5.41) is -0.268. The van der Waals surface area contributed by atoms with Crippen LogP contribution in [-0.4, -0.2) is 11.1 Å². The number of allylic oxidation sites excluding steroid dienone is 2. The molecule has 0 atom stereocenters. The second-order valence-corrected chi connectivity index (χ2v) is 5.64. The molecule has 0 spiro atoms. The third-order valence-corrected chi connectivity index (χ3v) is 4.03. The zero-order chi connectivity index (χ0) is 15.4. The van der Waals surface area contributed by atoms with Crippen molar-refractivity contribution >= 4 is 34.7 Å². The molecule has 0 saturated carbocycles. The van der Waals surface area contributed by atoms with Gasteiger partial charge in [-0.3, -0.25) is 9.59 Å². The quantitative estimate of drug-likeness (QED) is 0.784. The highest BCUT2D eigenvalue weighted by Gasteiger charge is 2.35. The minimum atomic E-state index is -0.279. The van der Waals surface area contributed by atoms with Gasteiger partial charge >= 0.3 is 0 Å². The number of imide groups is 1. The molecule has 22 heavy (non-hydrogen) atoms. The molecular weight excluding hydrogens is 294 g/mol. The van der Waals surface area contributed by atoms with Gasteiger partial charge in [-0.1, -0.05) is 60.7 Å². The Bertz CT molecular complexity index is 751. The number of hydrogen-bond acceptors (Lipinski definition) is 3. The number of amides is 2. The Kier molecular flexibility index (Phi) is 4.21. The fourth-order valence-electron chi connectivity index (χ4n) is 2.09. The lowest BCUT2D eigenvalue weighted by Gasteiger charge is -2.11. The van der Waals surface area contributed by atoms with Crippen molar-refractivity contribution in [2.24, 2.45) is 0 Å². The zero-order valence-corrected chi connectivity index (χ0v) is 12.5. The number of anilines is 1. The van der Waals surface area contributed by atoms with Gasteiger partial charge < -0.3 is 0 Å². The van der Waals surface area contributed by atoms with Gasteiger partial charge in [-0.25, -0.2) is 4.90 Å². The molecule has 4 heteroatoms. The minimum absolute atomic E-state index is 0.268. The fourth-order valence-corrected chi connectivity index (χ4v) is 2.89. The van der Waals surface area contributed by atoms with Crippen LogP contribution >= 0.6 is 11.8 Å². The highest BCUT2D eigenvalue weighted by atomic mass is 32.2. The topological polar surface area (TPSA) is 37.4 Å². The first-order valence-corrected chi connectivity index (χ1v) is 7.62. The molecule has 3 rings (SSSR count). The average Bonchev–Trinajstić information content (AvgIpc) is 2.83. The molecule has 1 aliphatic rings. The molecule has 2 aromatic rings. The molecule has 0 aromatic heterocycles. The third-order valence-electron chi connectivity index (χ3n) is 3.14. The van der Waals surface area contributed by atoms with E-state index in [1.54, 1.807) is 36.4 Å². The number of carbonyl (C=O) groups excluding carboxylic acids is 2. The summed E-state index contributed by atoms with van der Waals surface area (Å²) in [5.41, 5.74) is 1.64. The largest absolute Gasteiger partial charge is 0.298 e. The Morgan fingerprint density at radius 1 is 0.864 bits per heavy atom. The number of benzene rings is 2. The molecule has 108 valence electrons. The molecule has 0 unspecified atom stereocenters. The highest BCUT2D eigenvalue weighted by molar-refractivity contribution is 8.18. The van der Waals surface area contributed by atoms with Crippen LogP contribution in [0, 0.1) is 0 Å². The number of carbonyl (C=O) groups is 2. The average molecular weight is 307 g/mol. The summed E-state index contributed by atoms with van der Waals surface area (Å²) in [6, 6.07) is 18.7. The van der Waals surface area contributed by atoms with Crippen molar-refractivity contribution in [1.29, 1.82) is 0 Å². The maximum absolute atomic E-state index is 12.3. The monoisotopic (exact) mass is 307 g/mol. The van der Waals surface area contributed by atoms with E-state index in [4.69, 9.17) is 0 Å². The summed E-state index contributed by atoms with van der Waals surface area (Å²) in [6.45, 7) is 0. The van der Waals surface area contributed by atoms with Gasteiger partial charge in [0.25, 0.3) is 11.1 Å². The van der Waals surface area contributed by atoms with Crippen LogP contribution in [0.2, 0.25) is 0 Å². The Labute approximate surface area is 132 Å². The van der Waals surface area contributed by atoms with Gasteiger partial charge in [0.2, 0.25) is 0 Å². The van der Waals surface area contributed by atoms with E-state index in [-0.39, 0.29) is 11.1 Å². The van der Waals surface area contributed by atoms with E-state index in [9.17, 15) is 9.59 Å². The standard InChI is InChI=1S/C18H13NO2S/c20-17-16(13-7-10-14-8-3-1-4-9-14)22-18(21)19(17)15-11-5-2-6-12-15/h1-13H/b10-7+,16-13+. The molecular formula is C18H13NO2S. The van der Waals surface area contributed by atoms with Gasteiger partial charge in [0.15, 0.2) is 0 Å². The smallest absolute Gasteiger partial charge is 0.268 e. The van der Waals surface area contributed by atoms with Crippen molar-refractivity contribution in [3.8, 4) is 0 Å². The minimum Gasteiger partial charge on any atom is -0.268 e. The normalized spacial score (nSPS) is 16.9. The molecule has 0 N–H and O–H groups in total. The van der Waals surface area contributed by atoms with Crippen molar-refractivity contribution in [2.75, 3.05) is 4.90 Å². The summed E-state index contributed by atoms with van der Waals surface area (Å²) < 4.78 is 0. The van der Waals surface area contributed by atoms with Crippen molar-refractivity contribution in [2.45, 2.75) is 0 Å². The molecule has 1 heterocycles. The molecule has 2 aromatic carbocycles. The van der Waals surface area contributed by atoms with Crippen LogP contribution in [0.4, 0.5) is 10.5 Å². The molecule has 0 radical (unpaired) electrons. The van der Waals surface area contributed by atoms with E-state index >= 15 is 0 Å². The van der Waals surface area contributed by atoms with Gasteiger partial charge in [-0.05, 0) is 35.5 Å². The number of thioether (sulfide) groups is 1. The van der Waals surface area contributed by atoms with E-state index in [1.165, 1.54) is 4.90 Å². The fraction of sp³-hybridized carbons (Fsp3) is 0. The molecule has 0 bridgehead atoms. The Morgan fingerprint density at radius 3 is 2.18 bits per heavy atom. The van der Waals surface area contributed by atoms with Crippen LogP contribution in [0.25, 0.3) is 6.08 Å². The third kappa shape index (κ3) is 3.02. The van der Waals surface area contributed by atoms with Crippen LogP contribution in [0.1, 0.15) is 5.56 Å². The van der Waals surface area contributed by atoms with Gasteiger partial charge in [0.1, 0.15) is 0 Å². The van der Waals surface area contributed by atoms with Crippen molar-refractivity contribution in [3.63, 3.8) is 0 Å².